The number of nitrogens with one attached hydrogen (secondary N) is 1. The Labute approximate surface area is 94.3 Å². The van der Waals surface area contributed by atoms with Crippen molar-refractivity contribution in [2.24, 2.45) is 0 Å². The van der Waals surface area contributed by atoms with Crippen LogP contribution in [-0.4, -0.2) is 19.9 Å². The van der Waals surface area contributed by atoms with Crippen molar-refractivity contribution >= 4 is 16.7 Å². The third-order valence-electron chi connectivity index (χ3n) is 2.39. The van der Waals surface area contributed by atoms with Crippen LogP contribution in [0.15, 0.2) is 35.3 Å². The standard InChI is InChI=1S/C10H6N4O3/c15-14(16)6-4-11-10-8(6)12-5-13-9(10)7-2-1-3-17-7/h1-5,11H. The molecule has 3 rings (SSSR count). The van der Waals surface area contributed by atoms with E-state index in [1.54, 1.807) is 12.1 Å². The maximum Gasteiger partial charge on any atom is 0.312 e. The lowest BCUT2D eigenvalue weighted by atomic mass is 10.2. The van der Waals surface area contributed by atoms with Gasteiger partial charge in [0.05, 0.1) is 17.4 Å². The van der Waals surface area contributed by atoms with E-state index in [2.05, 4.69) is 15.0 Å². The molecule has 0 aliphatic rings. The highest BCUT2D eigenvalue weighted by atomic mass is 16.6. The molecule has 1 N–H and O–H groups in total. The molecule has 0 unspecified atom stereocenters. The molecule has 0 spiro atoms. The van der Waals surface area contributed by atoms with Crippen molar-refractivity contribution in [2.75, 3.05) is 0 Å². The van der Waals surface area contributed by atoms with Gasteiger partial charge in [0.25, 0.3) is 0 Å². The Bertz CT molecular complexity index is 687. The summed E-state index contributed by atoms with van der Waals surface area (Å²) in [4.78, 5) is 21.1. The Morgan fingerprint density at radius 2 is 2.29 bits per heavy atom. The van der Waals surface area contributed by atoms with Crippen molar-refractivity contribution in [1.29, 1.82) is 0 Å². The van der Waals surface area contributed by atoms with E-state index in [4.69, 9.17) is 4.42 Å². The van der Waals surface area contributed by atoms with Crippen LogP contribution < -0.4 is 0 Å². The number of hydrogen-bond donors (Lipinski definition) is 1. The maximum atomic E-state index is 10.8. The fourth-order valence-corrected chi connectivity index (χ4v) is 1.66. The number of aromatic nitrogens is 3. The van der Waals surface area contributed by atoms with Gasteiger partial charge in [-0.25, -0.2) is 9.97 Å². The molecule has 0 aliphatic carbocycles. The van der Waals surface area contributed by atoms with Gasteiger partial charge < -0.3 is 9.40 Å². The monoisotopic (exact) mass is 230 g/mol. The van der Waals surface area contributed by atoms with Gasteiger partial charge in [0.15, 0.2) is 11.3 Å². The summed E-state index contributed by atoms with van der Waals surface area (Å²) in [6, 6.07) is 3.45. The van der Waals surface area contributed by atoms with Gasteiger partial charge in [-0.15, -0.1) is 0 Å². The number of nitro groups is 1. The van der Waals surface area contributed by atoms with E-state index in [0.29, 0.717) is 17.0 Å². The molecule has 7 heteroatoms. The van der Waals surface area contributed by atoms with Gasteiger partial charge in [0, 0.05) is 0 Å². The zero-order valence-corrected chi connectivity index (χ0v) is 8.45. The summed E-state index contributed by atoms with van der Waals surface area (Å²) in [7, 11) is 0. The van der Waals surface area contributed by atoms with Crippen LogP contribution in [0, 0.1) is 10.1 Å². The van der Waals surface area contributed by atoms with Crippen molar-refractivity contribution in [2.45, 2.75) is 0 Å². The normalized spacial score (nSPS) is 10.8. The van der Waals surface area contributed by atoms with Gasteiger partial charge in [0.1, 0.15) is 17.5 Å². The molecule has 3 aromatic heterocycles. The molecule has 3 aromatic rings. The van der Waals surface area contributed by atoms with Crippen LogP contribution in [0.2, 0.25) is 0 Å². The second kappa shape index (κ2) is 3.41. The van der Waals surface area contributed by atoms with Crippen LogP contribution in [0.1, 0.15) is 0 Å². The van der Waals surface area contributed by atoms with E-state index < -0.39 is 4.92 Å². The molecule has 0 amide bonds. The van der Waals surface area contributed by atoms with Crippen LogP contribution in [0.3, 0.4) is 0 Å². The highest BCUT2D eigenvalue weighted by Gasteiger charge is 2.19. The first-order valence-electron chi connectivity index (χ1n) is 4.77. The molecule has 0 fully saturated rings. The molecule has 84 valence electrons. The first-order valence-corrected chi connectivity index (χ1v) is 4.77. The summed E-state index contributed by atoms with van der Waals surface area (Å²) in [6.45, 7) is 0. The summed E-state index contributed by atoms with van der Waals surface area (Å²) >= 11 is 0. The van der Waals surface area contributed by atoms with E-state index in [1.807, 2.05) is 0 Å². The average Bonchev–Trinajstić information content (AvgIpc) is 2.97. The van der Waals surface area contributed by atoms with Gasteiger partial charge in [-0.3, -0.25) is 10.1 Å². The Kier molecular flexibility index (Phi) is 1.91. The summed E-state index contributed by atoms with van der Waals surface area (Å²) in [5.74, 6) is 0.536. The zero-order chi connectivity index (χ0) is 11.8. The second-order valence-corrected chi connectivity index (χ2v) is 3.35. The minimum Gasteiger partial charge on any atom is -0.463 e. The predicted molar refractivity (Wildman–Crippen MR) is 58.2 cm³/mol. The predicted octanol–water partition coefficient (Wildman–Crippen LogP) is 2.13. The second-order valence-electron chi connectivity index (χ2n) is 3.35. The zero-order valence-electron chi connectivity index (χ0n) is 8.45. The molecule has 0 saturated heterocycles. The molecule has 0 aromatic carbocycles. The summed E-state index contributed by atoms with van der Waals surface area (Å²) in [6.07, 6.45) is 4.09. The van der Waals surface area contributed by atoms with Crippen molar-refractivity contribution in [3.8, 4) is 11.5 Å². The molecule has 0 bridgehead atoms. The van der Waals surface area contributed by atoms with E-state index in [-0.39, 0.29) is 11.2 Å². The van der Waals surface area contributed by atoms with E-state index in [0.717, 1.165) is 0 Å². The molecular formula is C10H6N4O3. The Morgan fingerprint density at radius 1 is 1.41 bits per heavy atom. The van der Waals surface area contributed by atoms with E-state index in [9.17, 15) is 10.1 Å². The largest absolute Gasteiger partial charge is 0.463 e. The molecule has 0 saturated carbocycles. The van der Waals surface area contributed by atoms with Gasteiger partial charge >= 0.3 is 5.69 Å². The van der Waals surface area contributed by atoms with Crippen LogP contribution in [-0.2, 0) is 0 Å². The van der Waals surface area contributed by atoms with Crippen LogP contribution in [0.5, 0.6) is 0 Å². The molecule has 17 heavy (non-hydrogen) atoms. The minimum absolute atomic E-state index is 0.0739. The fourth-order valence-electron chi connectivity index (χ4n) is 1.66. The van der Waals surface area contributed by atoms with E-state index >= 15 is 0 Å². The Hall–Kier alpha value is -2.70. The van der Waals surface area contributed by atoms with Crippen LogP contribution >= 0.6 is 0 Å². The molecular weight excluding hydrogens is 224 g/mol. The lowest BCUT2D eigenvalue weighted by Crippen LogP contribution is -1.89. The molecule has 7 nitrogen and oxygen atoms in total. The topological polar surface area (TPSA) is 97.8 Å². The Balaban J connectivity index is 2.32. The summed E-state index contributed by atoms with van der Waals surface area (Å²) in [5.41, 5.74) is 1.20. The van der Waals surface area contributed by atoms with Gasteiger partial charge in [-0.05, 0) is 12.1 Å². The highest BCUT2D eigenvalue weighted by molar-refractivity contribution is 5.93. The quantitative estimate of drug-likeness (QED) is 0.537. The van der Waals surface area contributed by atoms with Crippen molar-refractivity contribution in [1.82, 2.24) is 15.0 Å². The van der Waals surface area contributed by atoms with Crippen LogP contribution in [0.25, 0.3) is 22.5 Å². The van der Waals surface area contributed by atoms with Crippen molar-refractivity contribution in [3.63, 3.8) is 0 Å². The maximum absolute atomic E-state index is 10.8. The fraction of sp³-hybridized carbons (Fsp3) is 0. The third-order valence-corrected chi connectivity index (χ3v) is 2.39. The molecule has 0 radical (unpaired) electrons. The molecule has 0 atom stereocenters. The minimum atomic E-state index is -0.488. The van der Waals surface area contributed by atoms with Gasteiger partial charge in [-0.2, -0.15) is 0 Å². The number of hydrogen-bond acceptors (Lipinski definition) is 5. The lowest BCUT2D eigenvalue weighted by molar-refractivity contribution is -0.383. The number of rotatable bonds is 2. The Morgan fingerprint density at radius 3 is 3.00 bits per heavy atom. The first kappa shape index (κ1) is 9.52. The highest BCUT2D eigenvalue weighted by Crippen LogP contribution is 2.29. The van der Waals surface area contributed by atoms with Crippen molar-refractivity contribution in [3.05, 3.63) is 41.0 Å². The number of aromatic amines is 1. The SMILES string of the molecule is O=[N+]([O-])c1c[nH]c2c(-c3ccco3)ncnc12. The average molecular weight is 230 g/mol. The first-order chi connectivity index (χ1) is 8.27. The van der Waals surface area contributed by atoms with E-state index in [1.165, 1.54) is 18.8 Å². The summed E-state index contributed by atoms with van der Waals surface area (Å²) in [5, 5.41) is 10.8. The number of nitrogens with zero attached hydrogens (tertiary/aromatic N) is 3. The van der Waals surface area contributed by atoms with Gasteiger partial charge in [-0.1, -0.05) is 0 Å². The van der Waals surface area contributed by atoms with Crippen LogP contribution in [0.4, 0.5) is 5.69 Å². The van der Waals surface area contributed by atoms with Gasteiger partial charge in [0.2, 0.25) is 0 Å². The number of H-pyrrole nitrogens is 1. The number of fused-ring (bicyclic) bond motifs is 1. The molecule has 3 heterocycles. The summed E-state index contributed by atoms with van der Waals surface area (Å²) < 4.78 is 5.22. The lowest BCUT2D eigenvalue weighted by Gasteiger charge is -1.96. The smallest absolute Gasteiger partial charge is 0.312 e. The molecule has 0 aliphatic heterocycles. The van der Waals surface area contributed by atoms with Crippen molar-refractivity contribution < 1.29 is 9.34 Å². The number of furan rings is 1. The third kappa shape index (κ3) is 1.36.